The molecule has 5 rings (SSSR count). The lowest BCUT2D eigenvalue weighted by atomic mass is 9.40. The summed E-state index contributed by atoms with van der Waals surface area (Å²) in [5, 5.41) is 42.3. The van der Waals surface area contributed by atoms with E-state index >= 15 is 0 Å². The van der Waals surface area contributed by atoms with Crippen molar-refractivity contribution in [3.63, 3.8) is 0 Å². The molecule has 4 N–H and O–H groups in total. The van der Waals surface area contributed by atoms with Crippen molar-refractivity contribution >= 4 is 5.97 Å². The maximum atomic E-state index is 11.8. The number of carbonyl (C=O) groups excluding carboxylic acids is 1. The number of esters is 1. The first-order valence-electron chi connectivity index (χ1n) is 13.7. The molecule has 0 amide bonds. The smallest absolute Gasteiger partial charge is 0.303 e. The van der Waals surface area contributed by atoms with E-state index in [2.05, 4.69) is 20.4 Å². The zero-order chi connectivity index (χ0) is 26.0. The first-order chi connectivity index (χ1) is 17.0. The molecule has 1 heterocycles. The van der Waals surface area contributed by atoms with Crippen molar-refractivity contribution in [2.45, 2.75) is 109 Å². The van der Waals surface area contributed by atoms with Crippen LogP contribution >= 0.6 is 0 Å². The van der Waals surface area contributed by atoms with Gasteiger partial charge in [0.2, 0.25) is 0 Å². The van der Waals surface area contributed by atoms with Gasteiger partial charge >= 0.3 is 5.97 Å². The summed E-state index contributed by atoms with van der Waals surface area (Å²) < 4.78 is 17.7. The Morgan fingerprint density at radius 1 is 1.08 bits per heavy atom. The van der Waals surface area contributed by atoms with E-state index in [1.807, 2.05) is 0 Å². The second kappa shape index (κ2) is 9.31. The van der Waals surface area contributed by atoms with Gasteiger partial charge in [-0.1, -0.05) is 26.8 Å². The van der Waals surface area contributed by atoms with Gasteiger partial charge in [-0.25, -0.2) is 0 Å². The quantitative estimate of drug-likeness (QED) is 0.329. The summed E-state index contributed by atoms with van der Waals surface area (Å²) in [4.78, 5) is 11.8. The molecular weight excluding hydrogens is 464 g/mol. The summed E-state index contributed by atoms with van der Waals surface area (Å²) >= 11 is 0. The molecule has 2 bridgehead atoms. The maximum Gasteiger partial charge on any atom is 0.303 e. The number of hydrogen-bond acceptors (Lipinski definition) is 8. The van der Waals surface area contributed by atoms with Crippen LogP contribution in [0.1, 0.15) is 72.1 Å². The molecule has 0 aromatic heterocycles. The van der Waals surface area contributed by atoms with Crippen LogP contribution in [0.4, 0.5) is 0 Å². The van der Waals surface area contributed by atoms with Gasteiger partial charge in [-0.05, 0) is 73.7 Å². The molecule has 1 saturated heterocycles. The summed E-state index contributed by atoms with van der Waals surface area (Å²) in [6, 6.07) is 0. The third-order valence-electron chi connectivity index (χ3n) is 10.9. The van der Waals surface area contributed by atoms with Crippen LogP contribution in [0.5, 0.6) is 0 Å². The summed E-state index contributed by atoms with van der Waals surface area (Å²) in [5.74, 6) is 0.447. The van der Waals surface area contributed by atoms with Gasteiger partial charge in [0.15, 0.2) is 12.4 Å². The standard InChI is InChI=1S/C28H44O8/c1-15-17-6-7-20-27(12-17,24(15)33)11-8-19-26(3,4)9-5-10-28(19,20)14-34-25-23(35-16(2)30)22(32)21(31)18(13-29)36-25/h17-25,29,31-33H,1,5-14H2,2-4H3/t17-,18-,19-,20-,21-,22+,23-,24-,25-,27-,28+/m1/s1. The number of fused-ring (bicyclic) bond motifs is 3. The summed E-state index contributed by atoms with van der Waals surface area (Å²) in [5.41, 5.74) is 0.734. The summed E-state index contributed by atoms with van der Waals surface area (Å²) in [7, 11) is 0. The molecule has 4 aliphatic carbocycles. The predicted octanol–water partition coefficient (Wildman–Crippen LogP) is 2.31. The molecule has 0 aromatic rings. The van der Waals surface area contributed by atoms with Crippen molar-refractivity contribution in [1.29, 1.82) is 0 Å². The largest absolute Gasteiger partial charge is 0.454 e. The highest BCUT2D eigenvalue weighted by molar-refractivity contribution is 5.66. The highest BCUT2D eigenvalue weighted by Gasteiger charge is 2.68. The van der Waals surface area contributed by atoms with Crippen molar-refractivity contribution in [2.24, 2.45) is 34.0 Å². The molecule has 0 aromatic carbocycles. The number of carbonyl (C=O) groups is 1. The average molecular weight is 509 g/mol. The van der Waals surface area contributed by atoms with Crippen LogP contribution in [0.15, 0.2) is 12.2 Å². The normalized spacial score (nSPS) is 49.8. The van der Waals surface area contributed by atoms with E-state index in [4.69, 9.17) is 14.2 Å². The van der Waals surface area contributed by atoms with Crippen molar-refractivity contribution in [1.82, 2.24) is 0 Å². The molecule has 8 heteroatoms. The van der Waals surface area contributed by atoms with Crippen molar-refractivity contribution in [2.75, 3.05) is 13.2 Å². The van der Waals surface area contributed by atoms with Crippen molar-refractivity contribution in [3.05, 3.63) is 12.2 Å². The summed E-state index contributed by atoms with van der Waals surface area (Å²) in [6.07, 6.45) is 1.58. The Labute approximate surface area is 214 Å². The van der Waals surface area contributed by atoms with E-state index in [9.17, 15) is 25.2 Å². The zero-order valence-corrected chi connectivity index (χ0v) is 21.9. The fourth-order valence-corrected chi connectivity index (χ4v) is 9.37. The van der Waals surface area contributed by atoms with Crippen molar-refractivity contribution < 1.29 is 39.4 Å². The highest BCUT2D eigenvalue weighted by atomic mass is 16.7. The number of hydrogen-bond donors (Lipinski definition) is 4. The molecule has 5 aliphatic rings. The Balaban J connectivity index is 1.48. The first kappa shape index (κ1) is 26.6. The molecule has 0 unspecified atom stereocenters. The number of aliphatic hydroxyl groups excluding tert-OH is 4. The fraction of sp³-hybridized carbons (Fsp3) is 0.893. The lowest BCUT2D eigenvalue weighted by molar-refractivity contribution is -0.319. The van der Waals surface area contributed by atoms with Gasteiger partial charge < -0.3 is 34.6 Å². The van der Waals surface area contributed by atoms with E-state index < -0.39 is 49.4 Å². The second-order valence-corrected chi connectivity index (χ2v) is 13.0. The van der Waals surface area contributed by atoms with Crippen LogP contribution in [0.2, 0.25) is 0 Å². The van der Waals surface area contributed by atoms with Gasteiger partial charge in [-0.3, -0.25) is 4.79 Å². The second-order valence-electron chi connectivity index (χ2n) is 13.0. The Morgan fingerprint density at radius 3 is 2.53 bits per heavy atom. The Kier molecular flexibility index (Phi) is 6.87. The van der Waals surface area contributed by atoms with Gasteiger partial charge in [-0.2, -0.15) is 0 Å². The van der Waals surface area contributed by atoms with Crippen LogP contribution in [-0.2, 0) is 19.0 Å². The van der Waals surface area contributed by atoms with E-state index in [1.54, 1.807) is 0 Å². The lowest BCUT2D eigenvalue weighted by Gasteiger charge is -2.65. The third-order valence-corrected chi connectivity index (χ3v) is 10.9. The molecule has 4 saturated carbocycles. The van der Waals surface area contributed by atoms with E-state index in [1.165, 1.54) is 6.92 Å². The molecule has 0 radical (unpaired) electrons. The van der Waals surface area contributed by atoms with Gasteiger partial charge in [0.25, 0.3) is 0 Å². The Bertz CT molecular complexity index is 874. The highest BCUT2D eigenvalue weighted by Crippen LogP contribution is 2.72. The topological polar surface area (TPSA) is 126 Å². The molecule has 1 spiro atoms. The molecule has 11 atom stereocenters. The fourth-order valence-electron chi connectivity index (χ4n) is 9.37. The van der Waals surface area contributed by atoms with Crippen LogP contribution in [0.25, 0.3) is 0 Å². The SMILES string of the molecule is C=C1[C@@H]2CC[C@@H]3[C@@](CC[C@@H]4C(C)(C)CCC[C@@]34CO[C@@H]3O[C@H](CO)[C@@H](O)[C@H](O)[C@H]3OC(C)=O)(C2)[C@@H]1O. The van der Waals surface area contributed by atoms with E-state index in [0.717, 1.165) is 56.9 Å². The molecule has 36 heavy (non-hydrogen) atoms. The summed E-state index contributed by atoms with van der Waals surface area (Å²) in [6.45, 7) is 10.1. The first-order valence-corrected chi connectivity index (χ1v) is 13.7. The molecule has 1 aliphatic heterocycles. The van der Waals surface area contributed by atoms with Gasteiger partial charge in [0.05, 0.1) is 19.3 Å². The van der Waals surface area contributed by atoms with E-state index in [-0.39, 0.29) is 22.2 Å². The monoisotopic (exact) mass is 508 g/mol. The minimum atomic E-state index is -1.44. The van der Waals surface area contributed by atoms with Gasteiger partial charge in [0.1, 0.15) is 18.3 Å². The zero-order valence-electron chi connectivity index (χ0n) is 21.9. The third kappa shape index (κ3) is 3.90. The molecule has 204 valence electrons. The van der Waals surface area contributed by atoms with Crippen LogP contribution in [0, 0.1) is 34.0 Å². The molecular formula is C28H44O8. The number of rotatable bonds is 5. The van der Waals surface area contributed by atoms with Gasteiger partial charge in [0, 0.05) is 17.8 Å². The van der Waals surface area contributed by atoms with Gasteiger partial charge in [-0.15, -0.1) is 0 Å². The van der Waals surface area contributed by atoms with Crippen LogP contribution in [0.3, 0.4) is 0 Å². The minimum absolute atomic E-state index is 0.118. The molecule has 8 nitrogen and oxygen atoms in total. The lowest BCUT2D eigenvalue weighted by Crippen LogP contribution is -2.63. The van der Waals surface area contributed by atoms with E-state index in [0.29, 0.717) is 18.4 Å². The minimum Gasteiger partial charge on any atom is -0.454 e. The van der Waals surface area contributed by atoms with Crippen molar-refractivity contribution in [3.8, 4) is 0 Å². The Hall–Kier alpha value is -1.03. The average Bonchev–Trinajstić information content (AvgIpc) is 3.00. The van der Waals surface area contributed by atoms with Crippen LogP contribution < -0.4 is 0 Å². The predicted molar refractivity (Wildman–Crippen MR) is 130 cm³/mol. The maximum absolute atomic E-state index is 11.8. The molecule has 5 fully saturated rings. The van der Waals surface area contributed by atoms with Crippen LogP contribution in [-0.4, -0.2) is 76.4 Å². The number of aliphatic hydroxyl groups is 4. The Morgan fingerprint density at radius 2 is 1.83 bits per heavy atom. The number of ether oxygens (including phenoxy) is 3.